The minimum atomic E-state index is -0.676. The number of carbonyl (C=O) groups is 2. The van der Waals surface area contributed by atoms with Crippen molar-refractivity contribution in [1.29, 1.82) is 0 Å². The smallest absolute Gasteiger partial charge is 0.314 e. The first-order valence-corrected chi connectivity index (χ1v) is 7.28. The molecule has 2 aromatic carbocycles. The van der Waals surface area contributed by atoms with Crippen LogP contribution in [0, 0.1) is 13.8 Å². The summed E-state index contributed by atoms with van der Waals surface area (Å²) in [4.78, 5) is 23.9. The van der Waals surface area contributed by atoms with E-state index in [0.29, 0.717) is 11.4 Å². The molecule has 0 aliphatic rings. The summed E-state index contributed by atoms with van der Waals surface area (Å²) in [6, 6.07) is 13.2. The Morgan fingerprint density at radius 2 is 1.55 bits per heavy atom. The van der Waals surface area contributed by atoms with Crippen LogP contribution in [0.25, 0.3) is 0 Å². The maximum absolute atomic E-state index is 12.0. The molecule has 2 N–H and O–H groups in total. The van der Waals surface area contributed by atoms with E-state index in [1.165, 1.54) is 5.56 Å². The zero-order valence-electron chi connectivity index (χ0n) is 13.1. The van der Waals surface area contributed by atoms with Crippen LogP contribution in [-0.2, 0) is 16.0 Å². The Balaban J connectivity index is 2.02. The zero-order valence-corrected chi connectivity index (χ0v) is 13.1. The number of amides is 2. The summed E-state index contributed by atoms with van der Waals surface area (Å²) >= 11 is 0. The standard InChI is InChI=1S/C18H20N2O2/c1-4-14-7-9-15(10-8-14)19-17(21)18(22)20-16-11-12(2)5-6-13(16)3/h5-11H,4H2,1-3H3,(H,19,21)(H,20,22). The largest absolute Gasteiger partial charge is 0.318 e. The molecular weight excluding hydrogens is 276 g/mol. The van der Waals surface area contributed by atoms with Gasteiger partial charge in [0.05, 0.1) is 0 Å². The molecule has 0 saturated carbocycles. The predicted octanol–water partition coefficient (Wildman–Crippen LogP) is 3.44. The van der Waals surface area contributed by atoms with Crippen molar-refractivity contribution in [3.8, 4) is 0 Å². The number of nitrogens with one attached hydrogen (secondary N) is 2. The maximum Gasteiger partial charge on any atom is 0.314 e. The molecule has 4 nitrogen and oxygen atoms in total. The Hall–Kier alpha value is -2.62. The second kappa shape index (κ2) is 6.89. The van der Waals surface area contributed by atoms with Crippen molar-refractivity contribution in [1.82, 2.24) is 0 Å². The third-order valence-corrected chi connectivity index (χ3v) is 3.47. The third kappa shape index (κ3) is 3.95. The van der Waals surface area contributed by atoms with Crippen molar-refractivity contribution >= 4 is 23.2 Å². The molecule has 0 fully saturated rings. The molecular formula is C18H20N2O2. The first-order valence-electron chi connectivity index (χ1n) is 7.28. The minimum Gasteiger partial charge on any atom is -0.318 e. The van der Waals surface area contributed by atoms with Crippen molar-refractivity contribution in [2.45, 2.75) is 27.2 Å². The monoisotopic (exact) mass is 296 g/mol. The Labute approximate surface area is 130 Å². The number of carbonyl (C=O) groups excluding carboxylic acids is 2. The van der Waals surface area contributed by atoms with Crippen LogP contribution >= 0.6 is 0 Å². The lowest BCUT2D eigenvalue weighted by atomic mass is 10.1. The lowest BCUT2D eigenvalue weighted by Gasteiger charge is -2.10. The van der Waals surface area contributed by atoms with Crippen molar-refractivity contribution in [3.63, 3.8) is 0 Å². The number of benzene rings is 2. The molecule has 0 aliphatic carbocycles. The van der Waals surface area contributed by atoms with E-state index in [1.54, 1.807) is 12.1 Å². The molecule has 0 aliphatic heterocycles. The molecule has 0 unspecified atom stereocenters. The molecule has 4 heteroatoms. The normalized spacial score (nSPS) is 10.1. The fraction of sp³-hybridized carbons (Fsp3) is 0.222. The SMILES string of the molecule is CCc1ccc(NC(=O)C(=O)Nc2cc(C)ccc2C)cc1. The van der Waals surface area contributed by atoms with Gasteiger partial charge >= 0.3 is 11.8 Å². The summed E-state index contributed by atoms with van der Waals surface area (Å²) in [7, 11) is 0. The highest BCUT2D eigenvalue weighted by Gasteiger charge is 2.15. The maximum atomic E-state index is 12.0. The number of hydrogen-bond donors (Lipinski definition) is 2. The molecule has 114 valence electrons. The van der Waals surface area contributed by atoms with Gasteiger partial charge in [0.2, 0.25) is 0 Å². The van der Waals surface area contributed by atoms with Crippen LogP contribution in [0.5, 0.6) is 0 Å². The van der Waals surface area contributed by atoms with E-state index < -0.39 is 11.8 Å². The number of rotatable bonds is 3. The zero-order chi connectivity index (χ0) is 16.1. The first kappa shape index (κ1) is 15.8. The number of anilines is 2. The molecule has 2 rings (SSSR count). The molecule has 2 amide bonds. The van der Waals surface area contributed by atoms with E-state index in [1.807, 2.05) is 44.2 Å². The Morgan fingerprint density at radius 3 is 2.18 bits per heavy atom. The van der Waals surface area contributed by atoms with Crippen LogP contribution in [0.4, 0.5) is 11.4 Å². The highest BCUT2D eigenvalue weighted by atomic mass is 16.2. The van der Waals surface area contributed by atoms with E-state index >= 15 is 0 Å². The lowest BCUT2D eigenvalue weighted by molar-refractivity contribution is -0.133. The average Bonchev–Trinajstić information content (AvgIpc) is 2.51. The van der Waals surface area contributed by atoms with Crippen LogP contribution in [0.2, 0.25) is 0 Å². The fourth-order valence-electron chi connectivity index (χ4n) is 2.06. The molecule has 0 spiro atoms. The quantitative estimate of drug-likeness (QED) is 0.852. The van der Waals surface area contributed by atoms with Crippen molar-refractivity contribution in [2.75, 3.05) is 10.6 Å². The first-order chi connectivity index (χ1) is 10.5. The summed E-state index contributed by atoms with van der Waals surface area (Å²) in [5.74, 6) is -1.35. The number of aryl methyl sites for hydroxylation is 3. The van der Waals surface area contributed by atoms with Crippen LogP contribution in [-0.4, -0.2) is 11.8 Å². The van der Waals surface area contributed by atoms with Gasteiger partial charge in [0.25, 0.3) is 0 Å². The molecule has 0 saturated heterocycles. The van der Waals surface area contributed by atoms with Gasteiger partial charge in [0.15, 0.2) is 0 Å². The third-order valence-electron chi connectivity index (χ3n) is 3.47. The highest BCUT2D eigenvalue weighted by molar-refractivity contribution is 6.43. The van der Waals surface area contributed by atoms with Gasteiger partial charge in [0, 0.05) is 11.4 Å². The number of hydrogen-bond acceptors (Lipinski definition) is 2. The van der Waals surface area contributed by atoms with Gasteiger partial charge < -0.3 is 10.6 Å². The van der Waals surface area contributed by atoms with Gasteiger partial charge in [-0.1, -0.05) is 31.2 Å². The second-order valence-electron chi connectivity index (χ2n) is 5.28. The molecule has 0 bridgehead atoms. The Kier molecular flexibility index (Phi) is 4.94. The predicted molar refractivity (Wildman–Crippen MR) is 89.0 cm³/mol. The second-order valence-corrected chi connectivity index (χ2v) is 5.28. The van der Waals surface area contributed by atoms with Gasteiger partial charge in [0.1, 0.15) is 0 Å². The molecule has 0 aromatic heterocycles. The van der Waals surface area contributed by atoms with E-state index in [9.17, 15) is 9.59 Å². The highest BCUT2D eigenvalue weighted by Crippen LogP contribution is 2.16. The van der Waals surface area contributed by atoms with Crippen molar-refractivity contribution in [2.24, 2.45) is 0 Å². The average molecular weight is 296 g/mol. The summed E-state index contributed by atoms with van der Waals surface area (Å²) in [6.45, 7) is 5.88. The van der Waals surface area contributed by atoms with Gasteiger partial charge in [-0.3, -0.25) is 9.59 Å². The van der Waals surface area contributed by atoms with Crippen molar-refractivity contribution in [3.05, 3.63) is 59.2 Å². The molecule has 0 heterocycles. The van der Waals surface area contributed by atoms with E-state index in [0.717, 1.165) is 17.5 Å². The van der Waals surface area contributed by atoms with Crippen LogP contribution < -0.4 is 10.6 Å². The Morgan fingerprint density at radius 1 is 0.909 bits per heavy atom. The Bertz CT molecular complexity index is 691. The van der Waals surface area contributed by atoms with E-state index in [2.05, 4.69) is 17.6 Å². The van der Waals surface area contributed by atoms with Gasteiger partial charge in [-0.25, -0.2) is 0 Å². The summed E-state index contributed by atoms with van der Waals surface area (Å²) < 4.78 is 0. The van der Waals surface area contributed by atoms with Crippen LogP contribution in [0.1, 0.15) is 23.6 Å². The lowest BCUT2D eigenvalue weighted by Crippen LogP contribution is -2.29. The van der Waals surface area contributed by atoms with Crippen molar-refractivity contribution < 1.29 is 9.59 Å². The summed E-state index contributed by atoms with van der Waals surface area (Å²) in [6.07, 6.45) is 0.932. The van der Waals surface area contributed by atoms with Gasteiger partial charge in [-0.2, -0.15) is 0 Å². The van der Waals surface area contributed by atoms with Gasteiger partial charge in [-0.15, -0.1) is 0 Å². The summed E-state index contributed by atoms with van der Waals surface area (Å²) in [5.41, 5.74) is 4.38. The van der Waals surface area contributed by atoms with E-state index in [-0.39, 0.29) is 0 Å². The van der Waals surface area contributed by atoms with Crippen LogP contribution in [0.3, 0.4) is 0 Å². The van der Waals surface area contributed by atoms with Crippen LogP contribution in [0.15, 0.2) is 42.5 Å². The van der Waals surface area contributed by atoms with Gasteiger partial charge in [-0.05, 0) is 55.2 Å². The molecule has 0 radical (unpaired) electrons. The van der Waals surface area contributed by atoms with E-state index in [4.69, 9.17) is 0 Å². The minimum absolute atomic E-state index is 0.610. The molecule has 22 heavy (non-hydrogen) atoms. The fourth-order valence-corrected chi connectivity index (χ4v) is 2.06. The molecule has 0 atom stereocenters. The topological polar surface area (TPSA) is 58.2 Å². The molecule has 2 aromatic rings. The summed E-state index contributed by atoms with van der Waals surface area (Å²) in [5, 5.41) is 5.24.